The molecule has 0 saturated carbocycles. The van der Waals surface area contributed by atoms with Crippen LogP contribution in [0.25, 0.3) is 5.78 Å². The Kier molecular flexibility index (Phi) is 6.41. The van der Waals surface area contributed by atoms with Gasteiger partial charge in [0.2, 0.25) is 5.82 Å². The van der Waals surface area contributed by atoms with Gasteiger partial charge in [0, 0.05) is 18.9 Å². The zero-order chi connectivity index (χ0) is 21.7. The predicted octanol–water partition coefficient (Wildman–Crippen LogP) is 2.45. The lowest BCUT2D eigenvalue weighted by molar-refractivity contribution is -0.122. The van der Waals surface area contributed by atoms with E-state index in [1.165, 1.54) is 4.52 Å². The predicted molar refractivity (Wildman–Crippen MR) is 109 cm³/mol. The Bertz CT molecular complexity index is 966. The number of rotatable bonds is 2. The monoisotopic (exact) mass is 411 g/mol. The summed E-state index contributed by atoms with van der Waals surface area (Å²) in [6.45, 7) is 7.11. The highest BCUT2D eigenvalue weighted by Crippen LogP contribution is 2.33. The van der Waals surface area contributed by atoms with Crippen molar-refractivity contribution in [1.29, 1.82) is 0 Å². The fraction of sp³-hybridized carbons (Fsp3) is 0.381. The summed E-state index contributed by atoms with van der Waals surface area (Å²) >= 11 is 0. The molecule has 1 aromatic carbocycles. The Labute approximate surface area is 174 Å². The van der Waals surface area contributed by atoms with Crippen LogP contribution < -0.4 is 0 Å². The van der Waals surface area contributed by atoms with Crippen LogP contribution in [0.15, 0.2) is 48.8 Å². The van der Waals surface area contributed by atoms with Gasteiger partial charge in [0.25, 0.3) is 18.2 Å². The molecular formula is C21H25N5O4. The van der Waals surface area contributed by atoms with Crippen molar-refractivity contribution in [2.24, 2.45) is 5.41 Å². The maximum absolute atomic E-state index is 13.1. The van der Waals surface area contributed by atoms with E-state index in [0.29, 0.717) is 18.9 Å². The van der Waals surface area contributed by atoms with Crippen molar-refractivity contribution < 1.29 is 19.4 Å². The molecule has 0 spiro atoms. The molecule has 1 saturated heterocycles. The minimum Gasteiger partial charge on any atom is -0.483 e. The van der Waals surface area contributed by atoms with Crippen LogP contribution >= 0.6 is 0 Å². The van der Waals surface area contributed by atoms with E-state index in [0.717, 1.165) is 5.56 Å². The van der Waals surface area contributed by atoms with E-state index < -0.39 is 0 Å². The fourth-order valence-corrected chi connectivity index (χ4v) is 3.22. The van der Waals surface area contributed by atoms with Crippen molar-refractivity contribution in [3.05, 3.63) is 60.2 Å². The number of morpholine rings is 1. The largest absolute Gasteiger partial charge is 0.483 e. The average Bonchev–Trinajstić information content (AvgIpc) is 3.18. The van der Waals surface area contributed by atoms with E-state index in [1.807, 2.05) is 30.3 Å². The van der Waals surface area contributed by atoms with Gasteiger partial charge in [-0.2, -0.15) is 4.98 Å². The number of aromatic nitrogens is 4. The van der Waals surface area contributed by atoms with Crippen LogP contribution in [0.1, 0.15) is 43.1 Å². The third-order valence-electron chi connectivity index (χ3n) is 4.83. The lowest BCUT2D eigenvalue weighted by Crippen LogP contribution is -2.51. The van der Waals surface area contributed by atoms with Gasteiger partial charge in [-0.05, 0) is 17.0 Å². The summed E-state index contributed by atoms with van der Waals surface area (Å²) in [5.74, 6) is 0.384. The lowest BCUT2D eigenvalue weighted by Gasteiger charge is -2.43. The summed E-state index contributed by atoms with van der Waals surface area (Å²) in [5.41, 5.74) is 0.966. The summed E-state index contributed by atoms with van der Waals surface area (Å²) in [7, 11) is 0. The van der Waals surface area contributed by atoms with Gasteiger partial charge < -0.3 is 14.7 Å². The number of amides is 1. The maximum atomic E-state index is 13.1. The molecule has 1 aliphatic heterocycles. The number of nitrogens with zero attached hydrogens (tertiary/aromatic N) is 5. The quantitative estimate of drug-likeness (QED) is 0.645. The van der Waals surface area contributed by atoms with Crippen LogP contribution in [0.3, 0.4) is 0 Å². The first-order chi connectivity index (χ1) is 14.3. The minimum atomic E-state index is -0.250. The van der Waals surface area contributed by atoms with Crippen LogP contribution in [0.2, 0.25) is 0 Å². The first kappa shape index (κ1) is 21.4. The standard InChI is InChI=1S/C20H23N5O2.CH2O2/c1-20(2,3)16-13-24(12-15(27-16)14-8-5-4-6-9-14)18(26)17-22-19-21-10-7-11-25(19)23-17;2-1-3/h4-11,15-16H,12-13H2,1-3H3;1H,(H,2,3)/t15-,16+;/m0./s1. The van der Waals surface area contributed by atoms with Crippen molar-refractivity contribution in [1.82, 2.24) is 24.5 Å². The molecule has 3 heterocycles. The van der Waals surface area contributed by atoms with Crippen LogP contribution in [0.5, 0.6) is 0 Å². The zero-order valence-electron chi connectivity index (χ0n) is 17.2. The highest BCUT2D eigenvalue weighted by molar-refractivity contribution is 5.91. The molecule has 2 atom stereocenters. The fourth-order valence-electron chi connectivity index (χ4n) is 3.22. The molecule has 0 bridgehead atoms. The number of hydrogen-bond donors (Lipinski definition) is 1. The van der Waals surface area contributed by atoms with Crippen LogP contribution in [-0.4, -0.2) is 61.2 Å². The Hall–Kier alpha value is -3.33. The van der Waals surface area contributed by atoms with Crippen LogP contribution in [0, 0.1) is 5.41 Å². The van der Waals surface area contributed by atoms with Crippen LogP contribution in [0.4, 0.5) is 0 Å². The van der Waals surface area contributed by atoms with Gasteiger partial charge in [0.1, 0.15) is 6.10 Å². The van der Waals surface area contributed by atoms with Crippen molar-refractivity contribution in [3.8, 4) is 0 Å². The Morgan fingerprint density at radius 2 is 1.90 bits per heavy atom. The highest BCUT2D eigenvalue weighted by Gasteiger charge is 2.38. The van der Waals surface area contributed by atoms with Gasteiger partial charge in [0.05, 0.1) is 12.6 Å². The molecule has 4 rings (SSSR count). The number of carbonyl (C=O) groups excluding carboxylic acids is 1. The minimum absolute atomic E-state index is 0.0874. The second kappa shape index (κ2) is 9.00. The van der Waals surface area contributed by atoms with Crippen molar-refractivity contribution in [3.63, 3.8) is 0 Å². The smallest absolute Gasteiger partial charge is 0.293 e. The molecular weight excluding hydrogens is 386 g/mol. The van der Waals surface area contributed by atoms with Gasteiger partial charge in [-0.3, -0.25) is 9.59 Å². The molecule has 1 aliphatic rings. The Morgan fingerprint density at radius 1 is 1.20 bits per heavy atom. The SMILES string of the molecule is CC(C)(C)[C@H]1CN(C(=O)c2nc3ncccn3n2)C[C@@H](c2ccccc2)O1.O=CO. The first-order valence-corrected chi connectivity index (χ1v) is 9.58. The average molecular weight is 411 g/mol. The van der Waals surface area contributed by atoms with Crippen molar-refractivity contribution >= 4 is 18.2 Å². The molecule has 3 aromatic rings. The lowest BCUT2D eigenvalue weighted by atomic mass is 9.87. The van der Waals surface area contributed by atoms with E-state index >= 15 is 0 Å². The second-order valence-corrected chi connectivity index (χ2v) is 8.01. The number of hydrogen-bond acceptors (Lipinski definition) is 6. The normalized spacial score (nSPS) is 19.1. The highest BCUT2D eigenvalue weighted by atomic mass is 16.5. The van der Waals surface area contributed by atoms with Gasteiger partial charge in [-0.25, -0.2) is 9.50 Å². The van der Waals surface area contributed by atoms with Crippen molar-refractivity contribution in [2.45, 2.75) is 33.0 Å². The number of carbonyl (C=O) groups is 2. The van der Waals surface area contributed by atoms with Gasteiger partial charge in [-0.1, -0.05) is 51.1 Å². The topological polar surface area (TPSA) is 110 Å². The third-order valence-corrected chi connectivity index (χ3v) is 4.83. The van der Waals surface area contributed by atoms with E-state index in [4.69, 9.17) is 14.6 Å². The number of benzene rings is 1. The molecule has 0 unspecified atom stereocenters. The van der Waals surface area contributed by atoms with Gasteiger partial charge in [-0.15, -0.1) is 5.10 Å². The molecule has 0 aliphatic carbocycles. The molecule has 1 amide bonds. The van der Waals surface area contributed by atoms with Gasteiger partial charge >= 0.3 is 0 Å². The summed E-state index contributed by atoms with van der Waals surface area (Å²) in [6.07, 6.45) is 3.10. The maximum Gasteiger partial charge on any atom is 0.293 e. The molecule has 30 heavy (non-hydrogen) atoms. The summed E-state index contributed by atoms with van der Waals surface area (Å²) in [5, 5.41) is 11.2. The Morgan fingerprint density at radius 3 is 2.53 bits per heavy atom. The third kappa shape index (κ3) is 4.80. The van der Waals surface area contributed by atoms with Gasteiger partial charge in [0.15, 0.2) is 0 Å². The molecule has 9 nitrogen and oxygen atoms in total. The molecule has 2 aromatic heterocycles. The summed E-state index contributed by atoms with van der Waals surface area (Å²) in [6, 6.07) is 11.8. The molecule has 158 valence electrons. The molecule has 9 heteroatoms. The molecule has 0 radical (unpaired) electrons. The summed E-state index contributed by atoms with van der Waals surface area (Å²) in [4.78, 5) is 31.7. The first-order valence-electron chi connectivity index (χ1n) is 9.58. The molecule has 1 N–H and O–H groups in total. The van der Waals surface area contributed by atoms with E-state index in [2.05, 4.69) is 35.8 Å². The van der Waals surface area contributed by atoms with E-state index in [-0.39, 0.29) is 35.8 Å². The number of fused-ring (bicyclic) bond motifs is 1. The van der Waals surface area contributed by atoms with E-state index in [9.17, 15) is 4.79 Å². The number of carboxylic acid groups (broad SMARTS) is 1. The molecule has 1 fully saturated rings. The summed E-state index contributed by atoms with van der Waals surface area (Å²) < 4.78 is 7.88. The van der Waals surface area contributed by atoms with Crippen LogP contribution in [-0.2, 0) is 9.53 Å². The second-order valence-electron chi connectivity index (χ2n) is 8.01. The van der Waals surface area contributed by atoms with E-state index in [1.54, 1.807) is 23.4 Å². The number of ether oxygens (including phenoxy) is 1. The zero-order valence-corrected chi connectivity index (χ0v) is 17.2. The van der Waals surface area contributed by atoms with Crippen molar-refractivity contribution in [2.75, 3.05) is 13.1 Å². The Balaban J connectivity index is 0.000000806.